The summed E-state index contributed by atoms with van der Waals surface area (Å²) in [7, 11) is 1.73. The number of nitrogens with one attached hydrogen (secondary N) is 6. The van der Waals surface area contributed by atoms with Gasteiger partial charge in [-0.1, -0.05) is 72.7 Å². The smallest absolute Gasteiger partial charge is 0.405 e. The zero-order valence-electron chi connectivity index (χ0n) is 46.0. The van der Waals surface area contributed by atoms with Crippen molar-refractivity contribution in [3.8, 4) is 23.5 Å². The van der Waals surface area contributed by atoms with Gasteiger partial charge < -0.3 is 71.0 Å². The lowest BCUT2D eigenvalue weighted by Crippen LogP contribution is -2.55. The Morgan fingerprint density at radius 1 is 0.902 bits per heavy atom. The van der Waals surface area contributed by atoms with Crippen LogP contribution in [0.15, 0.2) is 102 Å². The number of primary amides is 1. The third kappa shape index (κ3) is 15.2. The molecule has 2 atom stereocenters. The Balaban J connectivity index is 0.00000287. The van der Waals surface area contributed by atoms with Crippen LogP contribution in [0.4, 0.5) is 10.7 Å². The number of terminal acetylenes is 1. The highest BCUT2D eigenvalue weighted by molar-refractivity contribution is 5.98. The number of hydrogen-bond donors (Lipinski definition) is 8. The number of nitrogens with two attached hydrogens (primary N) is 1. The van der Waals surface area contributed by atoms with Crippen LogP contribution in [0.5, 0.6) is 0 Å². The maximum absolute atomic E-state index is 13.6. The number of anilines is 1. The van der Waals surface area contributed by atoms with Crippen LogP contribution in [0, 0.1) is 12.3 Å². The van der Waals surface area contributed by atoms with Crippen molar-refractivity contribution in [2.24, 2.45) is 12.8 Å². The van der Waals surface area contributed by atoms with Gasteiger partial charge in [-0.3, -0.25) is 28.8 Å². The van der Waals surface area contributed by atoms with Crippen LogP contribution in [0.1, 0.15) is 62.3 Å². The van der Waals surface area contributed by atoms with Crippen molar-refractivity contribution in [3.05, 3.63) is 124 Å². The summed E-state index contributed by atoms with van der Waals surface area (Å²) < 4.78 is 19.7. The van der Waals surface area contributed by atoms with Gasteiger partial charge in [0.05, 0.1) is 43.6 Å². The number of piperidine rings is 2. The number of pyridine rings is 1. The second-order valence-corrected chi connectivity index (χ2v) is 20.8. The van der Waals surface area contributed by atoms with Crippen LogP contribution >= 0.6 is 0 Å². The predicted octanol–water partition coefficient (Wildman–Crippen LogP) is 2.79. The lowest BCUT2D eigenvalue weighted by atomic mass is 9.87. The molecule has 9 rings (SSSR count). The molecule has 1 saturated carbocycles. The second kappa shape index (κ2) is 27.7. The van der Waals surface area contributed by atoms with Crippen LogP contribution in [0.25, 0.3) is 32.9 Å². The molecule has 9 N–H and O–H groups in total. The van der Waals surface area contributed by atoms with E-state index in [9.17, 15) is 28.8 Å². The highest BCUT2D eigenvalue weighted by atomic mass is 16.6. The molecule has 6 aromatic rings. The van der Waals surface area contributed by atoms with Crippen LogP contribution in [-0.4, -0.2) is 155 Å². The van der Waals surface area contributed by atoms with E-state index >= 15 is 0 Å². The van der Waals surface area contributed by atoms with Gasteiger partial charge in [0.15, 0.2) is 12.2 Å². The fourth-order valence-corrected chi connectivity index (χ4v) is 10.5. The molecule has 3 aromatic carbocycles. The van der Waals surface area contributed by atoms with E-state index in [4.69, 9.17) is 41.5 Å². The molecular weight excluding hydrogens is 1050 g/mol. The first-order valence-corrected chi connectivity index (χ1v) is 27.2. The summed E-state index contributed by atoms with van der Waals surface area (Å²) in [5, 5.41) is 22.2. The number of amides is 5. The summed E-state index contributed by atoms with van der Waals surface area (Å²) in [5.41, 5.74) is 8.44. The molecule has 0 radical (unpaired) electrons. The average molecular weight is 1120 g/mol. The van der Waals surface area contributed by atoms with Crippen molar-refractivity contribution < 1.29 is 48.1 Å². The van der Waals surface area contributed by atoms with Gasteiger partial charge in [-0.25, -0.2) is 14.8 Å². The monoisotopic (exact) mass is 1120 g/mol. The first kappa shape index (κ1) is 59.4. The minimum absolute atomic E-state index is 0.0255. The quantitative estimate of drug-likeness (QED) is 0.0198. The molecule has 23 heteroatoms. The minimum Gasteiger partial charge on any atom is -0.483 e. The molecule has 5 heterocycles. The molecule has 2 unspecified atom stereocenters. The molecule has 3 fully saturated rings. The fraction of sp³-hybridized carbons (Fsp3) is 0.407. The normalized spacial score (nSPS) is 16.3. The van der Waals surface area contributed by atoms with Crippen LogP contribution in [0.3, 0.4) is 0 Å². The fourth-order valence-electron chi connectivity index (χ4n) is 10.5. The van der Waals surface area contributed by atoms with Gasteiger partial charge in [0.25, 0.3) is 17.9 Å². The van der Waals surface area contributed by atoms with Crippen molar-refractivity contribution in [1.82, 2.24) is 51.0 Å². The Morgan fingerprint density at radius 2 is 1.60 bits per heavy atom. The zero-order valence-corrected chi connectivity index (χ0v) is 46.0. The van der Waals surface area contributed by atoms with E-state index in [-0.39, 0.29) is 43.4 Å². The number of fused-ring (bicyclic) bond motifs is 2. The van der Waals surface area contributed by atoms with Gasteiger partial charge in [0.1, 0.15) is 18.3 Å². The standard InChI is InChI=1S/C58H68N12O9.CH2O2/c1-4-24-64-57(2)22-28-69(29-23-57)41-20-26-70(27-21-41)56-66-46-18-15-39(45-34-68(3)54(75)51-43(45)19-25-60-51)31-44(46)52(67-56)58(79-42-16-17-42,40-13-9-6-10-14-40)36-77-37-63-48(71)32-62-53(74)47(30-38-11-7-5-8-12-38)65-49(72)33-61-50(73)35-78-55(59)76;2-1-3/h1,5-15,18-19,25,31,34,41-42,47,60,64H,16-17,20-24,26-30,32-33,35-37H2,2-3H3,(H2,59,76)(H,61,73)(H,62,74)(H,63,71)(H,65,72);1H,(H,2,3). The first-order valence-electron chi connectivity index (χ1n) is 27.2. The molecule has 2 aliphatic heterocycles. The lowest BCUT2D eigenvalue weighted by molar-refractivity contribution is -0.131. The van der Waals surface area contributed by atoms with Crippen molar-refractivity contribution in [3.63, 3.8) is 0 Å². The zero-order chi connectivity index (χ0) is 58.2. The number of benzene rings is 3. The Morgan fingerprint density at radius 3 is 2.28 bits per heavy atom. The first-order chi connectivity index (χ1) is 39.6. The van der Waals surface area contributed by atoms with E-state index in [0.717, 1.165) is 97.7 Å². The largest absolute Gasteiger partial charge is 0.483 e. The molecular formula is C59H70N12O11. The summed E-state index contributed by atoms with van der Waals surface area (Å²) in [6.07, 6.45) is 13.6. The molecule has 3 aromatic heterocycles. The van der Waals surface area contributed by atoms with Crippen LogP contribution < -0.4 is 42.8 Å². The molecule has 82 heavy (non-hydrogen) atoms. The van der Waals surface area contributed by atoms with Gasteiger partial charge in [-0.2, -0.15) is 0 Å². The van der Waals surface area contributed by atoms with Crippen molar-refractivity contribution in [1.29, 1.82) is 0 Å². The summed E-state index contributed by atoms with van der Waals surface area (Å²) in [6.45, 7) is 4.05. The number of aromatic nitrogens is 4. The predicted molar refractivity (Wildman–Crippen MR) is 306 cm³/mol. The molecule has 2 saturated heterocycles. The van der Waals surface area contributed by atoms with E-state index in [1.807, 2.05) is 60.8 Å². The maximum atomic E-state index is 13.6. The molecule has 0 bridgehead atoms. The molecule has 23 nitrogen and oxygen atoms in total. The third-order valence-electron chi connectivity index (χ3n) is 15.0. The summed E-state index contributed by atoms with van der Waals surface area (Å²) in [6, 6.07) is 26.0. The van der Waals surface area contributed by atoms with E-state index in [2.05, 4.69) is 65.0 Å². The Kier molecular flexibility index (Phi) is 20.0. The van der Waals surface area contributed by atoms with E-state index in [1.54, 1.807) is 42.1 Å². The minimum atomic E-state index is -1.33. The number of aryl methyl sites for hydroxylation is 1. The van der Waals surface area contributed by atoms with Gasteiger partial charge in [-0.05, 0) is 80.3 Å². The van der Waals surface area contributed by atoms with Gasteiger partial charge in [-0.15, -0.1) is 6.42 Å². The van der Waals surface area contributed by atoms with Crippen LogP contribution in [0.2, 0.25) is 0 Å². The molecule has 3 aliphatic rings. The number of aromatic amines is 1. The summed E-state index contributed by atoms with van der Waals surface area (Å²) >= 11 is 0. The van der Waals surface area contributed by atoms with Gasteiger partial charge in [0, 0.05) is 80.0 Å². The van der Waals surface area contributed by atoms with E-state index in [1.165, 1.54) is 0 Å². The highest BCUT2D eigenvalue weighted by Gasteiger charge is 2.45. The number of H-pyrrole nitrogens is 1. The summed E-state index contributed by atoms with van der Waals surface area (Å²) in [5.74, 6) is 0.614. The van der Waals surface area contributed by atoms with Gasteiger partial charge in [0.2, 0.25) is 23.7 Å². The van der Waals surface area contributed by atoms with Crippen molar-refractivity contribution >= 4 is 63.9 Å². The number of likely N-dealkylation sites (tertiary alicyclic amines) is 1. The highest BCUT2D eigenvalue weighted by Crippen LogP contribution is 2.44. The number of ether oxygens (including phenoxy) is 3. The average Bonchev–Trinajstić information content (AvgIpc) is 2.39. The Labute approximate surface area is 474 Å². The topological polar surface area (TPSA) is 307 Å². The van der Waals surface area contributed by atoms with Crippen molar-refractivity contribution in [2.75, 3.05) is 70.7 Å². The third-order valence-corrected chi connectivity index (χ3v) is 15.0. The number of carboxylic acid groups (broad SMARTS) is 1. The second-order valence-electron chi connectivity index (χ2n) is 20.8. The number of hydrogen-bond acceptors (Lipinski definition) is 15. The number of rotatable bonds is 23. The number of carbonyl (C=O) groups excluding carboxylic acids is 5. The Hall–Kier alpha value is -8.69. The van der Waals surface area contributed by atoms with E-state index < -0.39 is 61.1 Å². The van der Waals surface area contributed by atoms with E-state index in [0.29, 0.717) is 35.3 Å². The molecule has 1 aliphatic carbocycles. The maximum Gasteiger partial charge on any atom is 0.405 e. The van der Waals surface area contributed by atoms with Crippen LogP contribution in [-0.2, 0) is 57.3 Å². The SMILES string of the molecule is C#CCNC1(C)CCN(C2CCN(c3nc(C(COCNC(=O)CNC(=O)C(Cc4ccccc4)NC(=O)CNC(=O)COC(N)=O)(OC4CC4)c4ccccc4)c4cc(-c5cn(C)c(=O)c6[nH]ccc56)ccc4n3)CC2)CC1.O=CO. The Bertz CT molecular complexity index is 3310. The molecule has 432 valence electrons. The molecule has 0 spiro atoms. The number of nitrogens with zero attached hydrogens (tertiary/aromatic N) is 5. The molecule has 5 amide bonds. The number of carbonyl (C=O) groups is 6. The van der Waals surface area contributed by atoms with Gasteiger partial charge >= 0.3 is 6.09 Å². The summed E-state index contributed by atoms with van der Waals surface area (Å²) in [4.78, 5) is 103. The van der Waals surface area contributed by atoms with Crippen molar-refractivity contribution in [2.45, 2.75) is 81.2 Å². The lowest BCUT2D eigenvalue weighted by Gasteiger charge is -2.45.